The van der Waals surface area contributed by atoms with Gasteiger partial charge in [-0.15, -0.1) is 0 Å². The van der Waals surface area contributed by atoms with Crippen molar-refractivity contribution in [2.24, 2.45) is 23.5 Å². The Hall–Kier alpha value is -0.710. The third-order valence-electron chi connectivity index (χ3n) is 3.91. The Morgan fingerprint density at radius 3 is 1.80 bits per heavy atom. The third-order valence-corrected chi connectivity index (χ3v) is 7.42. The molecule has 25 heavy (non-hydrogen) atoms. The van der Waals surface area contributed by atoms with Crippen LogP contribution in [0.2, 0.25) is 0 Å². The van der Waals surface area contributed by atoms with E-state index in [1.54, 1.807) is 0 Å². The Labute approximate surface area is 147 Å². The van der Waals surface area contributed by atoms with Gasteiger partial charge in [0.1, 0.15) is 0 Å². The van der Waals surface area contributed by atoms with E-state index in [4.69, 9.17) is 17.3 Å². The molecule has 0 aliphatic carbocycles. The van der Waals surface area contributed by atoms with Crippen molar-refractivity contribution in [3.8, 4) is 0 Å². The van der Waals surface area contributed by atoms with Gasteiger partial charge in [0, 0.05) is 0 Å². The van der Waals surface area contributed by atoms with Gasteiger partial charge in [0.2, 0.25) is 4.21 Å². The Balaban J connectivity index is 5.74. The maximum Gasteiger partial charge on any atom is 0.392 e. The number of carbonyl (C=O) groups is 1. The van der Waals surface area contributed by atoms with Gasteiger partial charge >= 0.3 is 12.4 Å². The molecule has 0 saturated carbocycles. The van der Waals surface area contributed by atoms with Gasteiger partial charge in [0.25, 0.3) is 5.91 Å². The lowest BCUT2D eigenvalue weighted by molar-refractivity contribution is -0.190. The summed E-state index contributed by atoms with van der Waals surface area (Å²) < 4.78 is 97.3. The topological polar surface area (TPSA) is 77.2 Å². The second kappa shape index (κ2) is 7.89. The first-order valence-electron chi connectivity index (χ1n) is 7.20. The van der Waals surface area contributed by atoms with Crippen LogP contribution in [0.25, 0.3) is 0 Å². The molecule has 0 aromatic rings. The Morgan fingerprint density at radius 1 is 1.08 bits per heavy atom. The van der Waals surface area contributed by atoms with E-state index in [2.05, 4.69) is 0 Å². The second-order valence-electron chi connectivity index (χ2n) is 6.22. The number of alkyl halides is 7. The summed E-state index contributed by atoms with van der Waals surface area (Å²) in [5.74, 6) is -7.87. The summed E-state index contributed by atoms with van der Waals surface area (Å²) in [5.41, 5.74) is 4.95. The van der Waals surface area contributed by atoms with Crippen LogP contribution in [0.4, 0.5) is 26.3 Å². The summed E-state index contributed by atoms with van der Waals surface area (Å²) in [6.45, 7) is 3.43. The molecule has 0 saturated heterocycles. The maximum absolute atomic E-state index is 13.1. The average Bonchev–Trinajstić information content (AvgIpc) is 2.38. The highest BCUT2D eigenvalue weighted by molar-refractivity contribution is 7.95. The second-order valence-corrected chi connectivity index (χ2v) is 9.32. The molecular weight excluding hydrogens is 400 g/mol. The Morgan fingerprint density at radius 2 is 1.52 bits per heavy atom. The predicted octanol–water partition coefficient (Wildman–Crippen LogP) is 3.63. The predicted molar refractivity (Wildman–Crippen MR) is 80.4 cm³/mol. The van der Waals surface area contributed by atoms with Crippen molar-refractivity contribution in [1.29, 1.82) is 0 Å². The number of rotatable bonds is 8. The molecule has 0 spiro atoms. The Bertz CT molecular complexity index is 575. The lowest BCUT2D eigenvalue weighted by Crippen LogP contribution is -2.53. The molecule has 3 unspecified atom stereocenters. The van der Waals surface area contributed by atoms with Crippen LogP contribution in [0.3, 0.4) is 0 Å². The summed E-state index contributed by atoms with van der Waals surface area (Å²) in [6.07, 6.45) is -12.2. The Kier molecular flexibility index (Phi) is 7.67. The number of nitrogens with two attached hydrogens (primary N) is 1. The third kappa shape index (κ3) is 6.19. The molecule has 12 heteroatoms. The maximum atomic E-state index is 13.1. The lowest BCUT2D eigenvalue weighted by atomic mass is 9.85. The van der Waals surface area contributed by atoms with Crippen LogP contribution in [-0.4, -0.2) is 36.6 Å². The van der Waals surface area contributed by atoms with E-state index in [-0.39, 0.29) is 0 Å². The lowest BCUT2D eigenvalue weighted by Gasteiger charge is -2.34. The molecule has 0 heterocycles. The van der Waals surface area contributed by atoms with Gasteiger partial charge in [-0.2, -0.15) is 26.3 Å². The average molecular weight is 420 g/mol. The van der Waals surface area contributed by atoms with Crippen LogP contribution in [0.5, 0.6) is 0 Å². The fourth-order valence-corrected chi connectivity index (χ4v) is 4.55. The molecule has 0 aromatic heterocycles. The molecule has 0 bridgehead atoms. The van der Waals surface area contributed by atoms with Crippen molar-refractivity contribution in [3.63, 3.8) is 0 Å². The number of amides is 1. The van der Waals surface area contributed by atoms with Gasteiger partial charge in [-0.05, 0) is 18.3 Å². The van der Waals surface area contributed by atoms with E-state index in [1.165, 1.54) is 13.8 Å². The summed E-state index contributed by atoms with van der Waals surface area (Å²) in [5, 5.41) is 0. The van der Waals surface area contributed by atoms with Crippen molar-refractivity contribution in [2.75, 3.05) is 5.75 Å². The first-order chi connectivity index (χ1) is 10.9. The standard InChI is InChI=1S/C13H20ClF6NO3S/c1-7(2)9(13(18,19)20)6-8(3)12(14,10(21)22)25(23,24)5-4-11(15,16)17/h7-9H,4-6H2,1-3H3,(H2,21,22). The minimum Gasteiger partial charge on any atom is -0.367 e. The van der Waals surface area contributed by atoms with Crippen LogP contribution in [0.1, 0.15) is 33.6 Å². The first kappa shape index (κ1) is 24.3. The molecule has 0 aliphatic rings. The summed E-state index contributed by atoms with van der Waals surface area (Å²) in [6, 6.07) is 0. The minimum atomic E-state index is -4.97. The molecule has 0 aromatic carbocycles. The van der Waals surface area contributed by atoms with Crippen LogP contribution in [0, 0.1) is 17.8 Å². The quantitative estimate of drug-likeness (QED) is 0.482. The molecule has 0 aliphatic heterocycles. The summed E-state index contributed by atoms with van der Waals surface area (Å²) >= 11 is 5.75. The fourth-order valence-electron chi connectivity index (χ4n) is 2.42. The highest BCUT2D eigenvalue weighted by Crippen LogP contribution is 2.43. The van der Waals surface area contributed by atoms with Crippen molar-refractivity contribution < 1.29 is 39.6 Å². The normalized spacial score (nSPS) is 18.7. The number of halogens is 7. The number of sulfone groups is 1. The highest BCUT2D eigenvalue weighted by Gasteiger charge is 2.55. The molecule has 0 rings (SSSR count). The van der Waals surface area contributed by atoms with Gasteiger partial charge in [-0.1, -0.05) is 32.4 Å². The fraction of sp³-hybridized carbons (Fsp3) is 0.923. The van der Waals surface area contributed by atoms with E-state index in [1.807, 2.05) is 0 Å². The van der Waals surface area contributed by atoms with Gasteiger partial charge < -0.3 is 5.73 Å². The van der Waals surface area contributed by atoms with E-state index in [0.29, 0.717) is 0 Å². The summed E-state index contributed by atoms with van der Waals surface area (Å²) in [4.78, 5) is 11.6. The van der Waals surface area contributed by atoms with Crippen LogP contribution in [-0.2, 0) is 14.6 Å². The van der Waals surface area contributed by atoms with Crippen LogP contribution in [0.15, 0.2) is 0 Å². The van der Waals surface area contributed by atoms with E-state index < -0.39 is 68.7 Å². The monoisotopic (exact) mass is 419 g/mol. The zero-order valence-electron chi connectivity index (χ0n) is 13.7. The van der Waals surface area contributed by atoms with Gasteiger partial charge in [-0.25, -0.2) is 8.42 Å². The van der Waals surface area contributed by atoms with Crippen molar-refractivity contribution in [2.45, 2.75) is 50.2 Å². The smallest absolute Gasteiger partial charge is 0.367 e. The zero-order chi connectivity index (χ0) is 20.4. The molecule has 3 atom stereocenters. The van der Waals surface area contributed by atoms with E-state index in [0.717, 1.165) is 6.92 Å². The van der Waals surface area contributed by atoms with Gasteiger partial charge in [0.15, 0.2) is 9.84 Å². The van der Waals surface area contributed by atoms with Crippen LogP contribution >= 0.6 is 11.6 Å². The first-order valence-corrected chi connectivity index (χ1v) is 9.23. The van der Waals surface area contributed by atoms with Crippen molar-refractivity contribution in [3.05, 3.63) is 0 Å². The zero-order valence-corrected chi connectivity index (χ0v) is 15.3. The van der Waals surface area contributed by atoms with E-state index in [9.17, 15) is 39.6 Å². The molecule has 1 amide bonds. The number of hydrogen-bond donors (Lipinski definition) is 1. The van der Waals surface area contributed by atoms with Crippen molar-refractivity contribution >= 4 is 27.3 Å². The molecule has 0 radical (unpaired) electrons. The van der Waals surface area contributed by atoms with Gasteiger partial charge in [-0.3, -0.25) is 4.79 Å². The molecule has 0 fully saturated rings. The molecular formula is C13H20ClF6NO3S. The SMILES string of the molecule is CC(C)C(CC(C)C(Cl)(C(N)=O)S(=O)(=O)CCC(F)(F)F)C(F)(F)F. The number of hydrogen-bond acceptors (Lipinski definition) is 3. The minimum absolute atomic E-state index is 0.876. The van der Waals surface area contributed by atoms with E-state index >= 15 is 0 Å². The highest BCUT2D eigenvalue weighted by atomic mass is 35.5. The number of primary amides is 1. The molecule has 2 N–H and O–H groups in total. The summed E-state index contributed by atoms with van der Waals surface area (Å²) in [7, 11) is -4.97. The van der Waals surface area contributed by atoms with Gasteiger partial charge in [0.05, 0.1) is 18.1 Å². The largest absolute Gasteiger partial charge is 0.392 e. The number of carbonyl (C=O) groups excluding carboxylic acids is 1. The van der Waals surface area contributed by atoms with Crippen molar-refractivity contribution in [1.82, 2.24) is 0 Å². The van der Waals surface area contributed by atoms with Crippen LogP contribution < -0.4 is 5.73 Å². The molecule has 4 nitrogen and oxygen atoms in total. The molecule has 150 valence electrons.